The molecular formula is C13H17Cl2NO3. The van der Waals surface area contributed by atoms with Crippen molar-refractivity contribution in [1.82, 2.24) is 5.32 Å². The SMILES string of the molecule is Cl.O=C(O)C1(NCc2ccc(Cl)cc2)CCOCC1. The van der Waals surface area contributed by atoms with E-state index in [4.69, 9.17) is 16.3 Å². The zero-order valence-corrected chi connectivity index (χ0v) is 12.0. The van der Waals surface area contributed by atoms with E-state index in [2.05, 4.69) is 5.32 Å². The molecule has 0 bridgehead atoms. The van der Waals surface area contributed by atoms with Gasteiger partial charge in [0.05, 0.1) is 0 Å². The smallest absolute Gasteiger partial charge is 0.324 e. The summed E-state index contributed by atoms with van der Waals surface area (Å²) < 4.78 is 5.22. The van der Waals surface area contributed by atoms with E-state index < -0.39 is 11.5 Å². The highest BCUT2D eigenvalue weighted by Gasteiger charge is 2.39. The van der Waals surface area contributed by atoms with Crippen LogP contribution in [0.1, 0.15) is 18.4 Å². The predicted octanol–water partition coefficient (Wildman–Crippen LogP) is 2.49. The van der Waals surface area contributed by atoms with Crippen molar-refractivity contribution >= 4 is 30.0 Å². The first kappa shape index (κ1) is 16.2. The first-order valence-corrected chi connectivity index (χ1v) is 6.31. The molecule has 1 heterocycles. The lowest BCUT2D eigenvalue weighted by Gasteiger charge is -2.34. The summed E-state index contributed by atoms with van der Waals surface area (Å²) in [5.74, 6) is -0.806. The summed E-state index contributed by atoms with van der Waals surface area (Å²) in [5.41, 5.74) is 0.157. The molecule has 0 atom stereocenters. The molecule has 0 aromatic heterocycles. The highest BCUT2D eigenvalue weighted by atomic mass is 35.5. The van der Waals surface area contributed by atoms with Gasteiger partial charge in [-0.05, 0) is 30.5 Å². The maximum atomic E-state index is 11.4. The van der Waals surface area contributed by atoms with Crippen LogP contribution in [0.5, 0.6) is 0 Å². The highest BCUT2D eigenvalue weighted by molar-refractivity contribution is 6.30. The number of carboxylic acid groups (broad SMARTS) is 1. The summed E-state index contributed by atoms with van der Waals surface area (Å²) in [6, 6.07) is 7.39. The zero-order valence-electron chi connectivity index (χ0n) is 10.4. The Morgan fingerprint density at radius 1 is 1.32 bits per heavy atom. The molecule has 0 unspecified atom stereocenters. The van der Waals surface area contributed by atoms with Crippen LogP contribution in [0.15, 0.2) is 24.3 Å². The van der Waals surface area contributed by atoms with Crippen molar-refractivity contribution in [3.63, 3.8) is 0 Å². The van der Waals surface area contributed by atoms with Crippen LogP contribution in [0.4, 0.5) is 0 Å². The van der Waals surface area contributed by atoms with Crippen LogP contribution in [0.3, 0.4) is 0 Å². The second-order valence-electron chi connectivity index (χ2n) is 4.48. The molecule has 2 rings (SSSR count). The molecule has 1 saturated heterocycles. The zero-order chi connectivity index (χ0) is 13.0. The van der Waals surface area contributed by atoms with Crippen molar-refractivity contribution in [2.24, 2.45) is 0 Å². The predicted molar refractivity (Wildman–Crippen MR) is 76.0 cm³/mol. The summed E-state index contributed by atoms with van der Waals surface area (Å²) in [7, 11) is 0. The Bertz CT molecular complexity index is 416. The largest absolute Gasteiger partial charge is 0.480 e. The third-order valence-electron chi connectivity index (χ3n) is 3.30. The third kappa shape index (κ3) is 4.08. The lowest BCUT2D eigenvalue weighted by atomic mass is 9.90. The number of nitrogens with one attached hydrogen (secondary N) is 1. The number of carbonyl (C=O) groups is 1. The molecule has 0 amide bonds. The monoisotopic (exact) mass is 305 g/mol. The van der Waals surface area contributed by atoms with E-state index in [0.717, 1.165) is 5.56 Å². The van der Waals surface area contributed by atoms with Crippen LogP contribution in [0, 0.1) is 0 Å². The van der Waals surface area contributed by atoms with E-state index in [1.807, 2.05) is 12.1 Å². The number of hydrogen-bond donors (Lipinski definition) is 2. The number of hydrogen-bond acceptors (Lipinski definition) is 3. The number of ether oxygens (including phenoxy) is 1. The lowest BCUT2D eigenvalue weighted by molar-refractivity contribution is -0.149. The molecule has 1 aromatic carbocycles. The number of benzene rings is 1. The van der Waals surface area contributed by atoms with Crippen molar-refractivity contribution in [2.75, 3.05) is 13.2 Å². The van der Waals surface area contributed by atoms with E-state index in [-0.39, 0.29) is 12.4 Å². The van der Waals surface area contributed by atoms with Crippen LogP contribution < -0.4 is 5.32 Å². The molecule has 1 aliphatic heterocycles. The minimum absolute atomic E-state index is 0. The van der Waals surface area contributed by atoms with Crippen LogP contribution in [0.25, 0.3) is 0 Å². The Hall–Kier alpha value is -0.810. The van der Waals surface area contributed by atoms with Gasteiger partial charge >= 0.3 is 5.97 Å². The Morgan fingerprint density at radius 3 is 2.42 bits per heavy atom. The van der Waals surface area contributed by atoms with Gasteiger partial charge in [0.25, 0.3) is 0 Å². The minimum atomic E-state index is -0.863. The molecule has 0 spiro atoms. The van der Waals surface area contributed by atoms with E-state index >= 15 is 0 Å². The average Bonchev–Trinajstić information content (AvgIpc) is 2.39. The molecule has 1 aromatic rings. The second-order valence-corrected chi connectivity index (χ2v) is 4.92. The summed E-state index contributed by atoms with van der Waals surface area (Å²) >= 11 is 5.81. The van der Waals surface area contributed by atoms with Gasteiger partial charge in [-0.2, -0.15) is 0 Å². The van der Waals surface area contributed by atoms with Crippen molar-refractivity contribution < 1.29 is 14.6 Å². The van der Waals surface area contributed by atoms with Crippen molar-refractivity contribution in [2.45, 2.75) is 24.9 Å². The standard InChI is InChI=1S/C13H16ClNO3.ClH/c14-11-3-1-10(2-4-11)9-15-13(12(16)17)5-7-18-8-6-13;/h1-4,15H,5-9H2,(H,16,17);1H. The van der Waals surface area contributed by atoms with Gasteiger partial charge in [0.15, 0.2) is 0 Å². The topological polar surface area (TPSA) is 58.6 Å². The summed E-state index contributed by atoms with van der Waals surface area (Å²) in [6.45, 7) is 1.49. The van der Waals surface area contributed by atoms with Gasteiger partial charge in [-0.1, -0.05) is 23.7 Å². The van der Waals surface area contributed by atoms with Gasteiger partial charge in [0.1, 0.15) is 5.54 Å². The maximum Gasteiger partial charge on any atom is 0.324 e. The minimum Gasteiger partial charge on any atom is -0.480 e. The van der Waals surface area contributed by atoms with E-state index in [1.54, 1.807) is 12.1 Å². The normalized spacial score (nSPS) is 17.5. The number of rotatable bonds is 4. The quantitative estimate of drug-likeness (QED) is 0.897. The van der Waals surface area contributed by atoms with Gasteiger partial charge in [0.2, 0.25) is 0 Å². The molecule has 106 valence electrons. The molecule has 0 radical (unpaired) electrons. The average molecular weight is 306 g/mol. The maximum absolute atomic E-state index is 11.4. The van der Waals surface area contributed by atoms with Gasteiger partial charge < -0.3 is 9.84 Å². The summed E-state index contributed by atoms with van der Waals surface area (Å²) in [6.07, 6.45) is 0.992. The molecule has 1 aliphatic rings. The third-order valence-corrected chi connectivity index (χ3v) is 3.55. The Morgan fingerprint density at radius 2 is 1.89 bits per heavy atom. The molecule has 0 saturated carbocycles. The van der Waals surface area contributed by atoms with Gasteiger partial charge in [-0.3, -0.25) is 10.1 Å². The number of carboxylic acids is 1. The Balaban J connectivity index is 0.00000180. The summed E-state index contributed by atoms with van der Waals surface area (Å²) in [4.78, 5) is 11.4. The molecule has 19 heavy (non-hydrogen) atoms. The van der Waals surface area contributed by atoms with E-state index in [1.165, 1.54) is 0 Å². The van der Waals surface area contributed by atoms with Crippen LogP contribution in [0.2, 0.25) is 5.02 Å². The van der Waals surface area contributed by atoms with E-state index in [0.29, 0.717) is 37.6 Å². The second kappa shape index (κ2) is 7.10. The first-order valence-electron chi connectivity index (χ1n) is 5.93. The van der Waals surface area contributed by atoms with Gasteiger partial charge in [-0.15, -0.1) is 12.4 Å². The van der Waals surface area contributed by atoms with Gasteiger partial charge in [-0.25, -0.2) is 0 Å². The van der Waals surface area contributed by atoms with E-state index in [9.17, 15) is 9.90 Å². The number of aliphatic carboxylic acids is 1. The molecule has 6 heteroatoms. The molecule has 2 N–H and O–H groups in total. The lowest BCUT2D eigenvalue weighted by Crippen LogP contribution is -2.55. The fraction of sp³-hybridized carbons (Fsp3) is 0.462. The fourth-order valence-electron chi connectivity index (χ4n) is 2.06. The molecule has 1 fully saturated rings. The fourth-order valence-corrected chi connectivity index (χ4v) is 2.19. The number of halogens is 2. The van der Waals surface area contributed by atoms with Gasteiger partial charge in [0, 0.05) is 24.8 Å². The molecular weight excluding hydrogens is 289 g/mol. The highest BCUT2D eigenvalue weighted by Crippen LogP contribution is 2.22. The van der Waals surface area contributed by atoms with Crippen molar-refractivity contribution in [3.8, 4) is 0 Å². The van der Waals surface area contributed by atoms with Crippen molar-refractivity contribution in [1.29, 1.82) is 0 Å². The van der Waals surface area contributed by atoms with Crippen LogP contribution in [-0.2, 0) is 16.1 Å². The summed E-state index contributed by atoms with van der Waals surface area (Å²) in [5, 5.41) is 13.2. The van der Waals surface area contributed by atoms with Crippen LogP contribution in [-0.4, -0.2) is 29.8 Å². The van der Waals surface area contributed by atoms with Crippen molar-refractivity contribution in [3.05, 3.63) is 34.9 Å². The Kier molecular flexibility index (Phi) is 6.07. The Labute approximate surface area is 123 Å². The molecule has 4 nitrogen and oxygen atoms in total. The molecule has 0 aliphatic carbocycles. The van der Waals surface area contributed by atoms with Crippen LogP contribution >= 0.6 is 24.0 Å². The first-order chi connectivity index (χ1) is 8.62.